The first-order chi connectivity index (χ1) is 8.79. The Bertz CT molecular complexity index is 404. The van der Waals surface area contributed by atoms with E-state index in [4.69, 9.17) is 5.84 Å². The van der Waals surface area contributed by atoms with E-state index >= 15 is 0 Å². The Morgan fingerprint density at radius 1 is 1.28 bits per heavy atom. The Morgan fingerprint density at radius 3 is 2.72 bits per heavy atom. The molecule has 2 heterocycles. The number of piperidine rings is 1. The van der Waals surface area contributed by atoms with E-state index in [0.717, 1.165) is 25.9 Å². The zero-order valence-electron chi connectivity index (χ0n) is 10.2. The highest BCUT2D eigenvalue weighted by atomic mass is 16.2. The minimum Gasteiger partial charge on any atom is -0.361 e. The number of amides is 1. The quantitative estimate of drug-likeness (QED) is 0.521. The van der Waals surface area contributed by atoms with Crippen molar-refractivity contribution < 1.29 is 4.79 Å². The number of likely N-dealkylation sites (tertiary alicyclic amines) is 1. The van der Waals surface area contributed by atoms with E-state index in [1.165, 1.54) is 12.7 Å². The van der Waals surface area contributed by atoms with E-state index in [0.29, 0.717) is 11.6 Å². The Balaban J connectivity index is 1.84. The number of aromatic nitrogens is 2. The highest BCUT2D eigenvalue weighted by Gasteiger charge is 2.15. The van der Waals surface area contributed by atoms with Crippen molar-refractivity contribution in [3.63, 3.8) is 0 Å². The van der Waals surface area contributed by atoms with Crippen molar-refractivity contribution >= 4 is 17.5 Å². The van der Waals surface area contributed by atoms with Gasteiger partial charge in [0, 0.05) is 19.2 Å². The Morgan fingerprint density at radius 2 is 2.00 bits per heavy atom. The molecule has 0 aliphatic carbocycles. The third kappa shape index (κ3) is 3.30. The summed E-state index contributed by atoms with van der Waals surface area (Å²) in [4.78, 5) is 21.7. The lowest BCUT2D eigenvalue weighted by Crippen LogP contribution is -2.39. The van der Waals surface area contributed by atoms with Crippen LogP contribution in [0.25, 0.3) is 0 Å². The summed E-state index contributed by atoms with van der Waals surface area (Å²) in [7, 11) is 0. The maximum atomic E-state index is 11.9. The Labute approximate surface area is 106 Å². The molecule has 1 aliphatic heterocycles. The molecule has 0 atom stereocenters. The van der Waals surface area contributed by atoms with Crippen LogP contribution in [0.2, 0.25) is 0 Å². The number of nitrogens with zero attached hydrogens (tertiary/aromatic N) is 3. The molecule has 18 heavy (non-hydrogen) atoms. The van der Waals surface area contributed by atoms with Gasteiger partial charge in [-0.15, -0.1) is 0 Å². The lowest BCUT2D eigenvalue weighted by Gasteiger charge is -2.26. The van der Waals surface area contributed by atoms with Gasteiger partial charge in [-0.1, -0.05) is 0 Å². The summed E-state index contributed by atoms with van der Waals surface area (Å²) in [5.41, 5.74) is 2.43. The maximum Gasteiger partial charge on any atom is 0.241 e. The smallest absolute Gasteiger partial charge is 0.241 e. The van der Waals surface area contributed by atoms with E-state index < -0.39 is 0 Å². The molecule has 0 unspecified atom stereocenters. The lowest BCUT2D eigenvalue weighted by atomic mass is 10.1. The third-order valence-corrected chi connectivity index (χ3v) is 2.94. The number of carbonyl (C=O) groups excluding carboxylic acids is 1. The summed E-state index contributed by atoms with van der Waals surface area (Å²) in [6.07, 6.45) is 4.80. The molecule has 0 spiro atoms. The summed E-state index contributed by atoms with van der Waals surface area (Å²) < 4.78 is 0. The fraction of sp³-hybridized carbons (Fsp3) is 0.545. The molecular weight excluding hydrogens is 232 g/mol. The number of nitrogens with one attached hydrogen (secondary N) is 2. The molecule has 0 aromatic carbocycles. The van der Waals surface area contributed by atoms with Gasteiger partial charge in [0.2, 0.25) is 5.91 Å². The fourth-order valence-electron chi connectivity index (χ4n) is 1.95. The molecule has 1 amide bonds. The molecule has 4 N–H and O–H groups in total. The normalized spacial score (nSPS) is 15.3. The molecule has 1 aliphatic rings. The van der Waals surface area contributed by atoms with Crippen molar-refractivity contribution in [3.05, 3.63) is 12.4 Å². The van der Waals surface area contributed by atoms with Crippen LogP contribution in [-0.2, 0) is 4.79 Å². The average molecular weight is 250 g/mol. The summed E-state index contributed by atoms with van der Waals surface area (Å²) in [6.45, 7) is 1.97. The van der Waals surface area contributed by atoms with Crippen LogP contribution in [0.4, 0.5) is 11.6 Å². The molecule has 7 heteroatoms. The van der Waals surface area contributed by atoms with Gasteiger partial charge in [-0.25, -0.2) is 15.8 Å². The van der Waals surface area contributed by atoms with Crippen LogP contribution in [0.5, 0.6) is 0 Å². The van der Waals surface area contributed by atoms with E-state index in [9.17, 15) is 4.79 Å². The second-order valence-electron chi connectivity index (χ2n) is 4.23. The predicted molar refractivity (Wildman–Crippen MR) is 68.8 cm³/mol. The van der Waals surface area contributed by atoms with Crippen LogP contribution in [0.15, 0.2) is 12.4 Å². The van der Waals surface area contributed by atoms with Gasteiger partial charge in [0.25, 0.3) is 0 Å². The standard InChI is InChI=1S/C11H18N6O/c12-16-10-6-9(14-8-15-10)13-7-11(18)17-4-2-1-3-5-17/h6,8H,1-5,7,12H2,(H2,13,14,15,16). The van der Waals surface area contributed by atoms with Gasteiger partial charge in [-0.3, -0.25) is 4.79 Å². The second kappa shape index (κ2) is 6.15. The molecule has 1 fully saturated rings. The van der Waals surface area contributed by atoms with Gasteiger partial charge in [-0.05, 0) is 19.3 Å². The van der Waals surface area contributed by atoms with Gasteiger partial charge in [0.1, 0.15) is 18.0 Å². The number of hydrogen-bond acceptors (Lipinski definition) is 6. The van der Waals surface area contributed by atoms with Crippen LogP contribution in [-0.4, -0.2) is 40.4 Å². The SMILES string of the molecule is NNc1cc(NCC(=O)N2CCCCC2)ncn1. The van der Waals surface area contributed by atoms with Crippen molar-refractivity contribution in [2.75, 3.05) is 30.4 Å². The highest BCUT2D eigenvalue weighted by molar-refractivity contribution is 5.80. The number of nitrogens with two attached hydrogens (primary N) is 1. The van der Waals surface area contributed by atoms with E-state index in [2.05, 4.69) is 20.7 Å². The maximum absolute atomic E-state index is 11.9. The molecular formula is C11H18N6O. The predicted octanol–water partition coefficient (Wildman–Crippen LogP) is 0.187. The van der Waals surface area contributed by atoms with Crippen LogP contribution in [0.1, 0.15) is 19.3 Å². The molecule has 2 rings (SSSR count). The van der Waals surface area contributed by atoms with Crippen molar-refractivity contribution in [1.82, 2.24) is 14.9 Å². The number of hydrogen-bond donors (Lipinski definition) is 3. The molecule has 98 valence electrons. The molecule has 0 radical (unpaired) electrons. The molecule has 1 aromatic heterocycles. The second-order valence-corrected chi connectivity index (χ2v) is 4.23. The minimum absolute atomic E-state index is 0.107. The number of anilines is 2. The van der Waals surface area contributed by atoms with Crippen LogP contribution in [0.3, 0.4) is 0 Å². The first-order valence-corrected chi connectivity index (χ1v) is 6.10. The van der Waals surface area contributed by atoms with Crippen LogP contribution < -0.4 is 16.6 Å². The van der Waals surface area contributed by atoms with Gasteiger partial charge < -0.3 is 15.6 Å². The van der Waals surface area contributed by atoms with Gasteiger partial charge >= 0.3 is 0 Å². The van der Waals surface area contributed by atoms with Crippen LogP contribution >= 0.6 is 0 Å². The van der Waals surface area contributed by atoms with Gasteiger partial charge in [0.15, 0.2) is 0 Å². The molecule has 1 aromatic rings. The summed E-state index contributed by atoms with van der Waals surface area (Å²) in [5, 5.41) is 2.98. The summed E-state index contributed by atoms with van der Waals surface area (Å²) >= 11 is 0. The first kappa shape index (κ1) is 12.6. The lowest BCUT2D eigenvalue weighted by molar-refractivity contribution is -0.130. The topological polar surface area (TPSA) is 96.2 Å². The molecule has 0 bridgehead atoms. The summed E-state index contributed by atoms with van der Waals surface area (Å²) in [5.74, 6) is 6.45. The fourth-order valence-corrected chi connectivity index (χ4v) is 1.95. The zero-order valence-corrected chi connectivity index (χ0v) is 10.2. The van der Waals surface area contributed by atoms with Gasteiger partial charge in [-0.2, -0.15) is 0 Å². The van der Waals surface area contributed by atoms with E-state index in [1.807, 2.05) is 4.90 Å². The average Bonchev–Trinajstić information content (AvgIpc) is 2.46. The van der Waals surface area contributed by atoms with Crippen molar-refractivity contribution in [2.24, 2.45) is 5.84 Å². The highest BCUT2D eigenvalue weighted by Crippen LogP contribution is 2.10. The monoisotopic (exact) mass is 250 g/mol. The minimum atomic E-state index is 0.107. The number of rotatable bonds is 4. The zero-order chi connectivity index (χ0) is 12.8. The van der Waals surface area contributed by atoms with Crippen molar-refractivity contribution in [2.45, 2.75) is 19.3 Å². The number of hydrazine groups is 1. The van der Waals surface area contributed by atoms with Crippen LogP contribution in [0, 0.1) is 0 Å². The third-order valence-electron chi connectivity index (χ3n) is 2.94. The summed E-state index contributed by atoms with van der Waals surface area (Å²) in [6, 6.07) is 1.66. The molecule has 7 nitrogen and oxygen atoms in total. The van der Waals surface area contributed by atoms with Crippen molar-refractivity contribution in [3.8, 4) is 0 Å². The molecule has 1 saturated heterocycles. The van der Waals surface area contributed by atoms with Gasteiger partial charge in [0.05, 0.1) is 6.54 Å². The number of carbonyl (C=O) groups is 1. The number of nitrogen functional groups attached to an aromatic ring is 1. The van der Waals surface area contributed by atoms with E-state index in [-0.39, 0.29) is 12.5 Å². The van der Waals surface area contributed by atoms with Crippen molar-refractivity contribution in [1.29, 1.82) is 0 Å². The largest absolute Gasteiger partial charge is 0.361 e. The Hall–Kier alpha value is -1.89. The van der Waals surface area contributed by atoms with E-state index in [1.54, 1.807) is 6.07 Å². The Kier molecular flexibility index (Phi) is 4.30. The molecule has 0 saturated carbocycles. The first-order valence-electron chi connectivity index (χ1n) is 6.10.